The van der Waals surface area contributed by atoms with Gasteiger partial charge in [-0.15, -0.1) is 0 Å². The Morgan fingerprint density at radius 2 is 2.16 bits per heavy atom. The molecule has 0 spiro atoms. The van der Waals surface area contributed by atoms with Crippen molar-refractivity contribution in [2.45, 2.75) is 50.2 Å². The zero-order valence-electron chi connectivity index (χ0n) is 11.3. The lowest BCUT2D eigenvalue weighted by atomic mass is 9.80. The summed E-state index contributed by atoms with van der Waals surface area (Å²) in [4.78, 5) is 6.55. The van der Waals surface area contributed by atoms with E-state index in [0.717, 1.165) is 12.8 Å². The molecule has 0 saturated heterocycles. The number of nitrogens with zero attached hydrogens (tertiary/aromatic N) is 1. The zero-order chi connectivity index (χ0) is 14.1. The summed E-state index contributed by atoms with van der Waals surface area (Å²) in [6.45, 7) is 3.90. The molecule has 3 N–H and O–H groups in total. The quantitative estimate of drug-likeness (QED) is 0.768. The Labute approximate surface area is 113 Å². The van der Waals surface area contributed by atoms with Gasteiger partial charge in [-0.05, 0) is 38.5 Å². The number of sulfonamides is 1. The molecule has 19 heavy (non-hydrogen) atoms. The summed E-state index contributed by atoms with van der Waals surface area (Å²) in [5, 5.41) is 10.4. The average molecular weight is 287 g/mol. The molecule has 1 aliphatic carbocycles. The Morgan fingerprint density at radius 3 is 2.68 bits per heavy atom. The van der Waals surface area contributed by atoms with Crippen LogP contribution in [0.25, 0.3) is 0 Å². The van der Waals surface area contributed by atoms with Crippen molar-refractivity contribution < 1.29 is 13.5 Å². The maximum Gasteiger partial charge on any atom is 0.257 e. The SMILES string of the molecule is Cc1ncc(S(=O)(=O)NCC2(O)CCC(C)CC2)[nH]1. The fourth-order valence-corrected chi connectivity index (χ4v) is 3.41. The van der Waals surface area contributed by atoms with Crippen LogP contribution in [0.15, 0.2) is 11.2 Å². The number of aromatic nitrogens is 2. The first-order valence-corrected chi connectivity index (χ1v) is 8.03. The predicted molar refractivity (Wildman–Crippen MR) is 71.1 cm³/mol. The molecule has 2 rings (SSSR count). The maximum absolute atomic E-state index is 12.0. The molecular formula is C12H21N3O3S. The summed E-state index contributed by atoms with van der Waals surface area (Å²) in [6, 6.07) is 0. The molecule has 1 fully saturated rings. The molecule has 0 aromatic carbocycles. The number of imidazole rings is 1. The summed E-state index contributed by atoms with van der Waals surface area (Å²) < 4.78 is 26.5. The third-order valence-corrected chi connectivity index (χ3v) is 5.08. The molecule has 0 atom stereocenters. The van der Waals surface area contributed by atoms with Crippen molar-refractivity contribution >= 4 is 10.0 Å². The van der Waals surface area contributed by atoms with E-state index in [1.807, 2.05) is 0 Å². The Balaban J connectivity index is 1.98. The van der Waals surface area contributed by atoms with Gasteiger partial charge in [0.05, 0.1) is 11.8 Å². The molecule has 1 aliphatic rings. The maximum atomic E-state index is 12.0. The van der Waals surface area contributed by atoms with E-state index in [4.69, 9.17) is 0 Å². The molecule has 1 aromatic rings. The predicted octanol–water partition coefficient (Wildman–Crippen LogP) is 0.938. The van der Waals surface area contributed by atoms with E-state index in [2.05, 4.69) is 21.6 Å². The van der Waals surface area contributed by atoms with E-state index in [1.54, 1.807) is 6.92 Å². The Bertz CT molecular complexity index is 530. The molecule has 108 valence electrons. The van der Waals surface area contributed by atoms with Crippen molar-refractivity contribution in [3.8, 4) is 0 Å². The van der Waals surface area contributed by atoms with Gasteiger partial charge < -0.3 is 10.1 Å². The Hall–Kier alpha value is -0.920. The number of H-pyrrole nitrogens is 1. The van der Waals surface area contributed by atoms with Crippen LogP contribution in [0, 0.1) is 12.8 Å². The van der Waals surface area contributed by atoms with Crippen LogP contribution in [-0.2, 0) is 10.0 Å². The molecule has 0 bridgehead atoms. The highest BCUT2D eigenvalue weighted by molar-refractivity contribution is 7.89. The second-order valence-corrected chi connectivity index (χ2v) is 7.30. The molecule has 7 heteroatoms. The Kier molecular flexibility index (Phi) is 3.98. The van der Waals surface area contributed by atoms with Gasteiger partial charge in [-0.2, -0.15) is 0 Å². The van der Waals surface area contributed by atoms with Gasteiger partial charge in [-0.1, -0.05) is 6.92 Å². The van der Waals surface area contributed by atoms with Crippen molar-refractivity contribution in [2.75, 3.05) is 6.54 Å². The van der Waals surface area contributed by atoms with Crippen LogP contribution in [0.3, 0.4) is 0 Å². The topological polar surface area (TPSA) is 95.1 Å². The highest BCUT2D eigenvalue weighted by Gasteiger charge is 2.33. The molecule has 1 saturated carbocycles. The lowest BCUT2D eigenvalue weighted by molar-refractivity contribution is -0.00183. The third kappa shape index (κ3) is 3.55. The van der Waals surface area contributed by atoms with Crippen LogP contribution in [0.2, 0.25) is 0 Å². The van der Waals surface area contributed by atoms with Crippen LogP contribution in [-0.4, -0.2) is 35.6 Å². The smallest absolute Gasteiger partial charge is 0.257 e. The van der Waals surface area contributed by atoms with E-state index in [1.165, 1.54) is 6.20 Å². The monoisotopic (exact) mass is 287 g/mol. The van der Waals surface area contributed by atoms with E-state index in [9.17, 15) is 13.5 Å². The van der Waals surface area contributed by atoms with Gasteiger partial charge in [0.15, 0.2) is 5.03 Å². The van der Waals surface area contributed by atoms with Gasteiger partial charge in [-0.3, -0.25) is 0 Å². The number of aromatic amines is 1. The number of aryl methyl sites for hydroxylation is 1. The number of hydrogen-bond donors (Lipinski definition) is 3. The van der Waals surface area contributed by atoms with Gasteiger partial charge in [-0.25, -0.2) is 18.1 Å². The number of rotatable bonds is 4. The summed E-state index contributed by atoms with van der Waals surface area (Å²) in [7, 11) is -3.62. The van der Waals surface area contributed by atoms with Crippen molar-refractivity contribution in [1.82, 2.24) is 14.7 Å². The number of nitrogens with one attached hydrogen (secondary N) is 2. The van der Waals surface area contributed by atoms with Crippen molar-refractivity contribution in [1.29, 1.82) is 0 Å². The lowest BCUT2D eigenvalue weighted by Gasteiger charge is -2.34. The molecule has 0 unspecified atom stereocenters. The molecule has 1 heterocycles. The second kappa shape index (κ2) is 5.22. The normalized spacial score (nSPS) is 28.5. The average Bonchev–Trinajstić information content (AvgIpc) is 2.79. The van der Waals surface area contributed by atoms with Crippen LogP contribution < -0.4 is 4.72 Å². The largest absolute Gasteiger partial charge is 0.389 e. The van der Waals surface area contributed by atoms with Crippen molar-refractivity contribution in [3.63, 3.8) is 0 Å². The Morgan fingerprint density at radius 1 is 1.53 bits per heavy atom. The summed E-state index contributed by atoms with van der Waals surface area (Å²) in [5.74, 6) is 1.15. The van der Waals surface area contributed by atoms with Gasteiger partial charge in [0.25, 0.3) is 10.0 Å². The first kappa shape index (κ1) is 14.5. The second-order valence-electron chi connectivity index (χ2n) is 5.56. The third-order valence-electron chi connectivity index (χ3n) is 3.77. The highest BCUT2D eigenvalue weighted by atomic mass is 32.2. The van der Waals surface area contributed by atoms with E-state index in [0.29, 0.717) is 24.6 Å². The van der Waals surface area contributed by atoms with Crippen LogP contribution in [0.1, 0.15) is 38.4 Å². The molecular weight excluding hydrogens is 266 g/mol. The van der Waals surface area contributed by atoms with Crippen molar-refractivity contribution in [2.24, 2.45) is 5.92 Å². The van der Waals surface area contributed by atoms with Crippen LogP contribution in [0.5, 0.6) is 0 Å². The molecule has 0 radical (unpaired) electrons. The minimum atomic E-state index is -3.62. The van der Waals surface area contributed by atoms with E-state index in [-0.39, 0.29) is 11.6 Å². The van der Waals surface area contributed by atoms with Crippen LogP contribution in [0.4, 0.5) is 0 Å². The minimum Gasteiger partial charge on any atom is -0.389 e. The summed E-state index contributed by atoms with van der Waals surface area (Å²) in [6.07, 6.45) is 4.42. The molecule has 0 aliphatic heterocycles. The van der Waals surface area contributed by atoms with Crippen molar-refractivity contribution in [3.05, 3.63) is 12.0 Å². The molecule has 1 aromatic heterocycles. The fraction of sp³-hybridized carbons (Fsp3) is 0.750. The zero-order valence-corrected chi connectivity index (χ0v) is 12.1. The molecule has 6 nitrogen and oxygen atoms in total. The summed E-state index contributed by atoms with van der Waals surface area (Å²) >= 11 is 0. The van der Waals surface area contributed by atoms with Gasteiger partial charge in [0, 0.05) is 6.54 Å². The highest BCUT2D eigenvalue weighted by Crippen LogP contribution is 2.31. The number of hydrogen-bond acceptors (Lipinski definition) is 4. The standard InChI is InChI=1S/C12H21N3O3S/c1-9-3-5-12(16,6-4-9)8-14-19(17,18)11-7-13-10(2)15-11/h7,9,14,16H,3-6,8H2,1-2H3,(H,13,15). The minimum absolute atomic E-state index is 0.0396. The van der Waals surface area contributed by atoms with Crippen LogP contribution >= 0.6 is 0 Å². The first-order chi connectivity index (χ1) is 8.81. The van der Waals surface area contributed by atoms with Gasteiger partial charge in [0.1, 0.15) is 5.82 Å². The first-order valence-electron chi connectivity index (χ1n) is 6.54. The van der Waals surface area contributed by atoms with E-state index >= 15 is 0 Å². The molecule has 0 amide bonds. The number of aliphatic hydroxyl groups is 1. The van der Waals surface area contributed by atoms with E-state index < -0.39 is 15.6 Å². The lowest BCUT2D eigenvalue weighted by Crippen LogP contribution is -2.45. The van der Waals surface area contributed by atoms with Gasteiger partial charge in [0.2, 0.25) is 0 Å². The summed E-state index contributed by atoms with van der Waals surface area (Å²) in [5.41, 5.74) is -0.922. The fourth-order valence-electron chi connectivity index (χ4n) is 2.32. The van der Waals surface area contributed by atoms with Gasteiger partial charge >= 0.3 is 0 Å².